The second kappa shape index (κ2) is 7.83. The lowest BCUT2D eigenvalue weighted by molar-refractivity contribution is -0.130. The molecule has 0 aliphatic heterocycles. The van der Waals surface area contributed by atoms with Gasteiger partial charge in [0.1, 0.15) is 6.04 Å². The summed E-state index contributed by atoms with van der Waals surface area (Å²) in [7, 11) is 3.34. The van der Waals surface area contributed by atoms with Crippen LogP contribution in [0.2, 0.25) is 0 Å². The number of rotatable bonds is 5. The first-order chi connectivity index (χ1) is 11.0. The molecule has 0 aliphatic rings. The SMILES string of the molecule is C[C@@H](NC(=O)c1ccccc1Sc1ccccc1)C(=O)N(C)C. The van der Waals surface area contributed by atoms with Crippen LogP contribution in [0.4, 0.5) is 0 Å². The largest absolute Gasteiger partial charge is 0.347 e. The molecule has 2 rings (SSSR count). The van der Waals surface area contributed by atoms with E-state index >= 15 is 0 Å². The summed E-state index contributed by atoms with van der Waals surface area (Å²) in [6.07, 6.45) is 0. The molecule has 2 aromatic rings. The Hall–Kier alpha value is -2.27. The summed E-state index contributed by atoms with van der Waals surface area (Å²) in [5.41, 5.74) is 0.569. The maximum absolute atomic E-state index is 12.5. The van der Waals surface area contributed by atoms with E-state index in [9.17, 15) is 9.59 Å². The first kappa shape index (κ1) is 17.1. The van der Waals surface area contributed by atoms with Gasteiger partial charge in [0.25, 0.3) is 5.91 Å². The summed E-state index contributed by atoms with van der Waals surface area (Å²) in [5, 5.41) is 2.76. The molecule has 0 fully saturated rings. The lowest BCUT2D eigenvalue weighted by Crippen LogP contribution is -2.44. The highest BCUT2D eigenvalue weighted by atomic mass is 32.2. The monoisotopic (exact) mass is 328 g/mol. The quantitative estimate of drug-likeness (QED) is 0.918. The van der Waals surface area contributed by atoms with E-state index in [1.54, 1.807) is 27.1 Å². The van der Waals surface area contributed by atoms with Gasteiger partial charge in [0.2, 0.25) is 5.91 Å². The van der Waals surface area contributed by atoms with Gasteiger partial charge in [0, 0.05) is 23.9 Å². The van der Waals surface area contributed by atoms with Crippen molar-refractivity contribution in [3.63, 3.8) is 0 Å². The zero-order valence-electron chi connectivity index (χ0n) is 13.4. The van der Waals surface area contributed by atoms with Gasteiger partial charge in [-0.3, -0.25) is 9.59 Å². The predicted molar refractivity (Wildman–Crippen MR) is 92.6 cm³/mol. The lowest BCUT2D eigenvalue weighted by Gasteiger charge is -2.18. The van der Waals surface area contributed by atoms with E-state index in [1.165, 1.54) is 16.7 Å². The highest BCUT2D eigenvalue weighted by Crippen LogP contribution is 2.30. The van der Waals surface area contributed by atoms with Crippen LogP contribution in [0.1, 0.15) is 17.3 Å². The number of amides is 2. The van der Waals surface area contributed by atoms with E-state index in [-0.39, 0.29) is 11.8 Å². The molecule has 0 unspecified atom stereocenters. The van der Waals surface area contributed by atoms with Crippen molar-refractivity contribution < 1.29 is 9.59 Å². The third-order valence-corrected chi connectivity index (χ3v) is 4.35. The second-order valence-corrected chi connectivity index (χ2v) is 6.45. The number of likely N-dealkylation sites (N-methyl/N-ethyl adjacent to an activating group) is 1. The molecule has 1 N–H and O–H groups in total. The average molecular weight is 328 g/mol. The van der Waals surface area contributed by atoms with E-state index in [0.717, 1.165) is 9.79 Å². The van der Waals surface area contributed by atoms with E-state index < -0.39 is 6.04 Å². The Labute approximate surface area is 140 Å². The molecule has 0 aromatic heterocycles. The van der Waals surface area contributed by atoms with E-state index in [2.05, 4.69) is 5.32 Å². The molecule has 0 saturated carbocycles. The molecule has 0 heterocycles. The molecular weight excluding hydrogens is 308 g/mol. The number of hydrogen-bond donors (Lipinski definition) is 1. The van der Waals surface area contributed by atoms with Gasteiger partial charge in [-0.2, -0.15) is 0 Å². The summed E-state index contributed by atoms with van der Waals surface area (Å²) in [6.45, 7) is 1.69. The second-order valence-electron chi connectivity index (χ2n) is 5.34. The van der Waals surface area contributed by atoms with Gasteiger partial charge in [-0.15, -0.1) is 0 Å². The van der Waals surface area contributed by atoms with Gasteiger partial charge < -0.3 is 10.2 Å². The fraction of sp³-hybridized carbons (Fsp3) is 0.222. The number of nitrogens with zero attached hydrogens (tertiary/aromatic N) is 1. The van der Waals surface area contributed by atoms with Gasteiger partial charge in [0.15, 0.2) is 0 Å². The summed E-state index contributed by atoms with van der Waals surface area (Å²) in [6, 6.07) is 16.7. The molecule has 0 aliphatic carbocycles. The van der Waals surface area contributed by atoms with Crippen molar-refractivity contribution in [1.82, 2.24) is 10.2 Å². The van der Waals surface area contributed by atoms with Crippen molar-refractivity contribution in [3.05, 3.63) is 60.2 Å². The molecule has 120 valence electrons. The highest BCUT2D eigenvalue weighted by molar-refractivity contribution is 7.99. The summed E-state index contributed by atoms with van der Waals surface area (Å²) < 4.78 is 0. The van der Waals surface area contributed by atoms with Crippen LogP contribution < -0.4 is 5.32 Å². The van der Waals surface area contributed by atoms with Gasteiger partial charge >= 0.3 is 0 Å². The van der Waals surface area contributed by atoms with Crippen molar-refractivity contribution in [2.24, 2.45) is 0 Å². The molecular formula is C18H20N2O2S. The average Bonchev–Trinajstić information content (AvgIpc) is 2.55. The minimum absolute atomic E-state index is 0.133. The van der Waals surface area contributed by atoms with Crippen LogP contribution in [-0.2, 0) is 4.79 Å². The molecule has 1 atom stereocenters. The van der Waals surface area contributed by atoms with Crippen LogP contribution in [0.25, 0.3) is 0 Å². The fourth-order valence-corrected chi connectivity index (χ4v) is 3.05. The van der Waals surface area contributed by atoms with Crippen molar-refractivity contribution in [2.45, 2.75) is 22.8 Å². The predicted octanol–water partition coefficient (Wildman–Crippen LogP) is 3.04. The van der Waals surface area contributed by atoms with E-state index in [1.807, 2.05) is 48.5 Å². The van der Waals surface area contributed by atoms with Gasteiger partial charge in [-0.25, -0.2) is 0 Å². The Morgan fingerprint density at radius 1 is 1.00 bits per heavy atom. The molecule has 2 aromatic carbocycles. The van der Waals surface area contributed by atoms with Crippen molar-refractivity contribution >= 4 is 23.6 Å². The van der Waals surface area contributed by atoms with Crippen LogP contribution in [0.3, 0.4) is 0 Å². The maximum atomic E-state index is 12.5. The Balaban J connectivity index is 2.16. The number of carbonyl (C=O) groups is 2. The Morgan fingerprint density at radius 3 is 2.26 bits per heavy atom. The van der Waals surface area contributed by atoms with Gasteiger partial charge in [-0.05, 0) is 31.2 Å². The molecule has 0 radical (unpaired) electrons. The minimum Gasteiger partial charge on any atom is -0.347 e. The number of benzene rings is 2. The minimum atomic E-state index is -0.563. The van der Waals surface area contributed by atoms with Crippen molar-refractivity contribution in [1.29, 1.82) is 0 Å². The molecule has 2 amide bonds. The molecule has 0 bridgehead atoms. The number of nitrogens with one attached hydrogen (secondary N) is 1. The zero-order chi connectivity index (χ0) is 16.8. The van der Waals surface area contributed by atoms with Crippen LogP contribution in [0.5, 0.6) is 0 Å². The third-order valence-electron chi connectivity index (χ3n) is 3.26. The standard InChI is InChI=1S/C18H20N2O2S/c1-13(18(22)20(2)3)19-17(21)15-11-7-8-12-16(15)23-14-9-5-4-6-10-14/h4-13H,1-3H3,(H,19,21)/t13-/m1/s1. The van der Waals surface area contributed by atoms with Crippen LogP contribution in [0.15, 0.2) is 64.4 Å². The topological polar surface area (TPSA) is 49.4 Å². The molecule has 0 spiro atoms. The highest BCUT2D eigenvalue weighted by Gasteiger charge is 2.19. The van der Waals surface area contributed by atoms with Gasteiger partial charge in [0.05, 0.1) is 5.56 Å². The molecule has 4 nitrogen and oxygen atoms in total. The van der Waals surface area contributed by atoms with Crippen molar-refractivity contribution in [3.8, 4) is 0 Å². The molecule has 0 saturated heterocycles. The Kier molecular flexibility index (Phi) is 5.82. The van der Waals surface area contributed by atoms with Crippen LogP contribution in [0, 0.1) is 0 Å². The Bertz CT molecular complexity index is 686. The van der Waals surface area contributed by atoms with Crippen molar-refractivity contribution in [2.75, 3.05) is 14.1 Å². The van der Waals surface area contributed by atoms with E-state index in [4.69, 9.17) is 0 Å². The normalized spacial score (nSPS) is 11.6. The van der Waals surface area contributed by atoms with E-state index in [0.29, 0.717) is 5.56 Å². The first-order valence-electron chi connectivity index (χ1n) is 7.33. The number of carbonyl (C=O) groups excluding carboxylic acids is 2. The van der Waals surface area contributed by atoms with Gasteiger partial charge in [-0.1, -0.05) is 42.1 Å². The molecule has 23 heavy (non-hydrogen) atoms. The van der Waals surface area contributed by atoms with Crippen LogP contribution in [-0.4, -0.2) is 36.9 Å². The lowest BCUT2D eigenvalue weighted by atomic mass is 10.2. The fourth-order valence-electron chi connectivity index (χ4n) is 2.08. The third kappa shape index (κ3) is 4.60. The maximum Gasteiger partial charge on any atom is 0.253 e. The summed E-state index contributed by atoms with van der Waals surface area (Å²) >= 11 is 1.53. The number of hydrogen-bond acceptors (Lipinski definition) is 3. The smallest absolute Gasteiger partial charge is 0.253 e. The first-order valence-corrected chi connectivity index (χ1v) is 8.14. The van der Waals surface area contributed by atoms with Crippen LogP contribution >= 0.6 is 11.8 Å². The Morgan fingerprint density at radius 2 is 1.61 bits per heavy atom. The zero-order valence-corrected chi connectivity index (χ0v) is 14.3. The summed E-state index contributed by atoms with van der Waals surface area (Å²) in [5.74, 6) is -0.377. The molecule has 5 heteroatoms. The summed E-state index contributed by atoms with van der Waals surface area (Å²) in [4.78, 5) is 27.8.